The molecule has 3 rings (SSSR count). The molecule has 3 aromatic rings. The van der Waals surface area contributed by atoms with E-state index in [4.69, 9.17) is 0 Å². The van der Waals surface area contributed by atoms with Gasteiger partial charge in [0.05, 0.1) is 0 Å². The number of carbonyl (C=O) groups excluding carboxylic acids is 1. The number of carbonyl (C=O) groups is 1. The van der Waals surface area contributed by atoms with Crippen LogP contribution >= 0.6 is 15.9 Å². The summed E-state index contributed by atoms with van der Waals surface area (Å²) in [5.74, 6) is 0.283. The van der Waals surface area contributed by atoms with Crippen molar-refractivity contribution in [1.82, 2.24) is 25.1 Å². The van der Waals surface area contributed by atoms with Crippen LogP contribution in [0.15, 0.2) is 53.0 Å². The summed E-state index contributed by atoms with van der Waals surface area (Å²) in [6.45, 7) is -2.62. The first-order valence-electron chi connectivity index (χ1n) is 8.22. The molecule has 0 atom stereocenters. The Kier molecular flexibility index (Phi) is 6.30. The van der Waals surface area contributed by atoms with E-state index in [0.717, 1.165) is 15.6 Å². The highest BCUT2D eigenvalue weighted by Gasteiger charge is 2.14. The standard InChI is InChI=1S/C18H16BrF2N5O2/c1-25(10-12-2-8-15(9-3-12)28-18(20)21)16(27)11-26-23-17(22-24-26)13-4-6-14(19)7-5-13/h2-9,18H,10-11H2,1H3. The molecule has 0 radical (unpaired) electrons. The van der Waals surface area contributed by atoms with Crippen LogP contribution in [0.1, 0.15) is 5.56 Å². The van der Waals surface area contributed by atoms with Gasteiger partial charge in [-0.15, -0.1) is 10.2 Å². The van der Waals surface area contributed by atoms with Gasteiger partial charge in [0.15, 0.2) is 0 Å². The van der Waals surface area contributed by atoms with Crippen LogP contribution in [0, 0.1) is 0 Å². The van der Waals surface area contributed by atoms with Crippen molar-refractivity contribution in [1.29, 1.82) is 0 Å². The summed E-state index contributed by atoms with van der Waals surface area (Å²) in [5.41, 5.74) is 1.57. The molecule has 0 fully saturated rings. The number of nitrogens with zero attached hydrogens (tertiary/aromatic N) is 5. The van der Waals surface area contributed by atoms with Crippen LogP contribution in [0.3, 0.4) is 0 Å². The van der Waals surface area contributed by atoms with Crippen molar-refractivity contribution in [2.75, 3.05) is 7.05 Å². The van der Waals surface area contributed by atoms with Crippen molar-refractivity contribution in [3.63, 3.8) is 0 Å². The van der Waals surface area contributed by atoms with Crippen molar-refractivity contribution in [2.45, 2.75) is 19.7 Å². The quantitative estimate of drug-likeness (QED) is 0.550. The van der Waals surface area contributed by atoms with Crippen molar-refractivity contribution >= 4 is 21.8 Å². The normalized spacial score (nSPS) is 10.9. The molecule has 0 N–H and O–H groups in total. The molecule has 146 valence electrons. The fraction of sp³-hybridized carbons (Fsp3) is 0.222. The minimum Gasteiger partial charge on any atom is -0.435 e. The third-order valence-corrected chi connectivity index (χ3v) is 4.35. The molecule has 0 saturated carbocycles. The zero-order chi connectivity index (χ0) is 20.1. The molecule has 0 spiro atoms. The number of amides is 1. The number of likely N-dealkylation sites (N-methyl/N-ethyl adjacent to an activating group) is 1. The zero-order valence-electron chi connectivity index (χ0n) is 14.8. The number of ether oxygens (including phenoxy) is 1. The topological polar surface area (TPSA) is 73.1 Å². The average molecular weight is 452 g/mol. The van der Waals surface area contributed by atoms with Crippen molar-refractivity contribution in [3.05, 3.63) is 58.6 Å². The second-order valence-electron chi connectivity index (χ2n) is 5.92. The predicted molar refractivity (Wildman–Crippen MR) is 101 cm³/mol. The number of benzene rings is 2. The van der Waals surface area contributed by atoms with Gasteiger partial charge in [0.25, 0.3) is 0 Å². The van der Waals surface area contributed by atoms with E-state index in [1.807, 2.05) is 24.3 Å². The van der Waals surface area contributed by atoms with Gasteiger partial charge in [0.1, 0.15) is 12.3 Å². The molecule has 1 amide bonds. The van der Waals surface area contributed by atoms with Gasteiger partial charge in [-0.05, 0) is 47.2 Å². The fourth-order valence-electron chi connectivity index (χ4n) is 2.40. The zero-order valence-corrected chi connectivity index (χ0v) is 16.4. The summed E-state index contributed by atoms with van der Waals surface area (Å²) in [7, 11) is 1.64. The predicted octanol–water partition coefficient (Wildman–Crippen LogP) is 3.36. The minimum absolute atomic E-state index is 0.0629. The molecule has 1 aromatic heterocycles. The molecule has 0 unspecified atom stereocenters. The molecule has 0 saturated heterocycles. The number of rotatable bonds is 7. The monoisotopic (exact) mass is 451 g/mol. The summed E-state index contributed by atoms with van der Waals surface area (Å²) >= 11 is 3.36. The lowest BCUT2D eigenvalue weighted by Gasteiger charge is -2.17. The van der Waals surface area contributed by atoms with Gasteiger partial charge < -0.3 is 9.64 Å². The van der Waals surface area contributed by atoms with Gasteiger partial charge in [-0.2, -0.15) is 13.6 Å². The van der Waals surface area contributed by atoms with E-state index in [9.17, 15) is 13.6 Å². The Morgan fingerprint density at radius 1 is 1.18 bits per heavy atom. The number of aromatic nitrogens is 4. The summed E-state index contributed by atoms with van der Waals surface area (Å²) in [6, 6.07) is 13.6. The van der Waals surface area contributed by atoms with Crippen LogP contribution in [0.4, 0.5) is 8.78 Å². The lowest BCUT2D eigenvalue weighted by atomic mass is 10.2. The van der Waals surface area contributed by atoms with Gasteiger partial charge in [-0.3, -0.25) is 4.79 Å². The highest BCUT2D eigenvalue weighted by Crippen LogP contribution is 2.18. The fourth-order valence-corrected chi connectivity index (χ4v) is 2.67. The molecule has 0 bridgehead atoms. The summed E-state index contributed by atoms with van der Waals surface area (Å²) in [6.07, 6.45) is 0. The lowest BCUT2D eigenvalue weighted by molar-refractivity contribution is -0.131. The summed E-state index contributed by atoms with van der Waals surface area (Å²) < 4.78 is 29.6. The van der Waals surface area contributed by atoms with Crippen molar-refractivity contribution in [3.8, 4) is 17.1 Å². The number of hydrogen-bond donors (Lipinski definition) is 0. The Hall–Kier alpha value is -2.88. The Morgan fingerprint density at radius 3 is 2.50 bits per heavy atom. The number of hydrogen-bond acceptors (Lipinski definition) is 5. The van der Waals surface area contributed by atoms with Gasteiger partial charge in [-0.1, -0.05) is 28.1 Å². The van der Waals surface area contributed by atoms with E-state index in [-0.39, 0.29) is 18.2 Å². The van der Waals surface area contributed by atoms with E-state index in [1.165, 1.54) is 21.8 Å². The van der Waals surface area contributed by atoms with E-state index >= 15 is 0 Å². The lowest BCUT2D eigenvalue weighted by Crippen LogP contribution is -2.30. The molecule has 10 heteroatoms. The Bertz CT molecular complexity index is 932. The molecule has 0 aliphatic heterocycles. The van der Waals surface area contributed by atoms with Crippen LogP contribution < -0.4 is 4.74 Å². The molecule has 0 aliphatic carbocycles. The Labute approximate surface area is 168 Å². The van der Waals surface area contributed by atoms with Crippen LogP contribution in [-0.2, 0) is 17.9 Å². The molecule has 28 heavy (non-hydrogen) atoms. The average Bonchev–Trinajstić information content (AvgIpc) is 3.12. The molecule has 2 aromatic carbocycles. The second-order valence-corrected chi connectivity index (χ2v) is 6.84. The van der Waals surface area contributed by atoms with E-state index < -0.39 is 6.61 Å². The van der Waals surface area contributed by atoms with Gasteiger partial charge in [0.2, 0.25) is 11.7 Å². The highest BCUT2D eigenvalue weighted by molar-refractivity contribution is 9.10. The first-order valence-corrected chi connectivity index (χ1v) is 9.01. The summed E-state index contributed by atoms with van der Waals surface area (Å²) in [5, 5.41) is 12.1. The van der Waals surface area contributed by atoms with Crippen LogP contribution in [0.5, 0.6) is 5.75 Å². The Balaban J connectivity index is 1.57. The van der Waals surface area contributed by atoms with Crippen LogP contribution in [0.2, 0.25) is 0 Å². The second kappa shape index (κ2) is 8.87. The molecule has 0 aliphatic rings. The van der Waals surface area contributed by atoms with Crippen LogP contribution in [0.25, 0.3) is 11.4 Å². The Morgan fingerprint density at radius 2 is 1.86 bits per heavy atom. The van der Waals surface area contributed by atoms with Crippen molar-refractivity contribution in [2.24, 2.45) is 0 Å². The molecular formula is C18H16BrF2N5O2. The van der Waals surface area contributed by atoms with Gasteiger partial charge in [0, 0.05) is 23.6 Å². The first-order chi connectivity index (χ1) is 13.4. The van der Waals surface area contributed by atoms with Crippen LogP contribution in [-0.4, -0.2) is 44.7 Å². The highest BCUT2D eigenvalue weighted by atomic mass is 79.9. The van der Waals surface area contributed by atoms with E-state index in [0.29, 0.717) is 12.4 Å². The summed E-state index contributed by atoms with van der Waals surface area (Å²) in [4.78, 5) is 15.1. The molecule has 1 heterocycles. The SMILES string of the molecule is CN(Cc1ccc(OC(F)F)cc1)C(=O)Cn1nnc(-c2ccc(Br)cc2)n1. The maximum absolute atomic E-state index is 12.4. The van der Waals surface area contributed by atoms with Crippen molar-refractivity contribution < 1.29 is 18.3 Å². The van der Waals surface area contributed by atoms with E-state index in [1.54, 1.807) is 19.2 Å². The van der Waals surface area contributed by atoms with E-state index in [2.05, 4.69) is 36.1 Å². The number of tetrazole rings is 1. The maximum atomic E-state index is 12.4. The third-order valence-electron chi connectivity index (χ3n) is 3.83. The van der Waals surface area contributed by atoms with Gasteiger partial charge >= 0.3 is 6.61 Å². The van der Waals surface area contributed by atoms with Gasteiger partial charge in [-0.25, -0.2) is 0 Å². The smallest absolute Gasteiger partial charge is 0.387 e. The maximum Gasteiger partial charge on any atom is 0.387 e. The first kappa shape index (κ1) is 19.9. The number of halogens is 3. The largest absolute Gasteiger partial charge is 0.435 e. The minimum atomic E-state index is -2.87. The number of alkyl halides is 2. The third kappa shape index (κ3) is 5.32. The molecule has 7 nitrogen and oxygen atoms in total. The molecular weight excluding hydrogens is 436 g/mol.